The molecule has 0 saturated carbocycles. The van der Waals surface area contributed by atoms with Crippen LogP contribution in [0, 0.1) is 0 Å². The van der Waals surface area contributed by atoms with E-state index in [0.29, 0.717) is 19.8 Å². The fraction of sp³-hybridized carbons (Fsp3) is 0.538. The number of unbranched alkanes of at least 4 members (excludes halogenated alkanes) is 5. The number of nitrogens with zero attached hydrogens (tertiary/aromatic N) is 1. The molecule has 1 heterocycles. The van der Waals surface area contributed by atoms with Crippen molar-refractivity contribution >= 4 is 29.4 Å². The van der Waals surface area contributed by atoms with E-state index in [2.05, 4.69) is 47.9 Å². The fourth-order valence-corrected chi connectivity index (χ4v) is 5.68. The van der Waals surface area contributed by atoms with Gasteiger partial charge in [0.1, 0.15) is 5.75 Å². The number of hydrogen-bond acceptors (Lipinski definition) is 4. The van der Waals surface area contributed by atoms with E-state index < -0.39 is 7.60 Å². The van der Waals surface area contributed by atoms with Gasteiger partial charge in [-0.25, -0.2) is 0 Å². The maximum atomic E-state index is 12.7. The zero-order valence-corrected chi connectivity index (χ0v) is 20.7. The predicted octanol–water partition coefficient (Wildman–Crippen LogP) is 7.80. The lowest BCUT2D eigenvalue weighted by Crippen LogP contribution is -2.08. The Hall–Kier alpha value is -1.81. The van der Waals surface area contributed by atoms with Crippen molar-refractivity contribution in [3.05, 3.63) is 42.5 Å². The average molecular weight is 460 g/mol. The van der Waals surface area contributed by atoms with E-state index in [-0.39, 0.29) is 6.16 Å². The number of para-hydroxylation sites is 1. The van der Waals surface area contributed by atoms with E-state index >= 15 is 0 Å². The number of hydrogen-bond donors (Lipinski definition) is 0. The second-order valence-corrected chi connectivity index (χ2v) is 10.3. The lowest BCUT2D eigenvalue weighted by atomic mass is 10.1. The summed E-state index contributed by atoms with van der Waals surface area (Å²) in [6.45, 7) is 7.92. The highest BCUT2D eigenvalue weighted by molar-refractivity contribution is 7.53. The van der Waals surface area contributed by atoms with Crippen LogP contribution >= 0.6 is 7.60 Å². The standard InChI is InChI=1S/C26H38NO4P/c1-4-7-8-9-10-13-18-27-25-15-12-11-14-23(25)24-17-16-22(21-26(24)27)29-19-20-32(28,30-5-2)31-6-3/h11-12,14-17,21H,4-10,13,18-20H2,1-3H3. The molecule has 0 aliphatic carbocycles. The lowest BCUT2D eigenvalue weighted by molar-refractivity contribution is 0.213. The molecule has 0 bridgehead atoms. The van der Waals surface area contributed by atoms with E-state index in [1.54, 1.807) is 0 Å². The number of aromatic nitrogens is 1. The lowest BCUT2D eigenvalue weighted by Gasteiger charge is -2.17. The van der Waals surface area contributed by atoms with Gasteiger partial charge in [0.15, 0.2) is 0 Å². The number of ether oxygens (including phenoxy) is 1. The predicted molar refractivity (Wildman–Crippen MR) is 134 cm³/mol. The number of aryl methyl sites for hydroxylation is 1. The van der Waals surface area contributed by atoms with Crippen molar-refractivity contribution in [3.63, 3.8) is 0 Å². The van der Waals surface area contributed by atoms with E-state index in [0.717, 1.165) is 12.3 Å². The Morgan fingerprint density at radius 2 is 1.50 bits per heavy atom. The van der Waals surface area contributed by atoms with Crippen molar-refractivity contribution in [2.45, 2.75) is 65.8 Å². The first kappa shape index (κ1) is 24.8. The molecule has 5 nitrogen and oxygen atoms in total. The molecule has 0 N–H and O–H groups in total. The Morgan fingerprint density at radius 3 is 2.25 bits per heavy atom. The van der Waals surface area contributed by atoms with Crippen molar-refractivity contribution in [1.82, 2.24) is 4.57 Å². The van der Waals surface area contributed by atoms with Crippen LogP contribution in [0.5, 0.6) is 5.75 Å². The molecule has 0 unspecified atom stereocenters. The molecule has 6 heteroatoms. The van der Waals surface area contributed by atoms with Gasteiger partial charge in [0.2, 0.25) is 0 Å². The Bertz CT molecular complexity index is 1020. The van der Waals surface area contributed by atoms with Crippen LogP contribution in [0.25, 0.3) is 21.8 Å². The Balaban J connectivity index is 1.74. The molecule has 0 atom stereocenters. The normalized spacial score (nSPS) is 12.1. The first-order valence-electron chi connectivity index (χ1n) is 12.1. The third-order valence-electron chi connectivity index (χ3n) is 5.77. The quantitative estimate of drug-likeness (QED) is 0.172. The Morgan fingerprint density at radius 1 is 0.812 bits per heavy atom. The van der Waals surface area contributed by atoms with Gasteiger partial charge in [0.25, 0.3) is 0 Å². The molecule has 0 fully saturated rings. The highest BCUT2D eigenvalue weighted by Gasteiger charge is 2.23. The molecule has 3 rings (SSSR count). The maximum absolute atomic E-state index is 12.7. The molecule has 0 amide bonds. The van der Waals surface area contributed by atoms with Gasteiger partial charge in [-0.2, -0.15) is 0 Å². The molecular weight excluding hydrogens is 421 g/mol. The molecule has 32 heavy (non-hydrogen) atoms. The van der Waals surface area contributed by atoms with Crippen molar-refractivity contribution in [2.24, 2.45) is 0 Å². The minimum atomic E-state index is -3.09. The van der Waals surface area contributed by atoms with Crippen molar-refractivity contribution in [1.29, 1.82) is 0 Å². The monoisotopic (exact) mass is 459 g/mol. The first-order valence-corrected chi connectivity index (χ1v) is 13.9. The molecule has 2 aromatic carbocycles. The summed E-state index contributed by atoms with van der Waals surface area (Å²) in [4.78, 5) is 0. The summed E-state index contributed by atoms with van der Waals surface area (Å²) in [5, 5.41) is 2.52. The third-order valence-corrected chi connectivity index (χ3v) is 7.80. The number of fused-ring (bicyclic) bond motifs is 3. The van der Waals surface area contributed by atoms with Gasteiger partial charge >= 0.3 is 7.60 Å². The van der Waals surface area contributed by atoms with Gasteiger partial charge in [-0.05, 0) is 38.5 Å². The van der Waals surface area contributed by atoms with Crippen LogP contribution in [0.4, 0.5) is 0 Å². The maximum Gasteiger partial charge on any atom is 0.334 e. The zero-order valence-electron chi connectivity index (χ0n) is 19.8. The van der Waals surface area contributed by atoms with Gasteiger partial charge in [-0.15, -0.1) is 0 Å². The molecule has 0 radical (unpaired) electrons. The minimum absolute atomic E-state index is 0.244. The number of rotatable bonds is 15. The van der Waals surface area contributed by atoms with Crippen molar-refractivity contribution in [3.8, 4) is 5.75 Å². The molecule has 176 valence electrons. The van der Waals surface area contributed by atoms with Crippen molar-refractivity contribution in [2.75, 3.05) is 26.0 Å². The summed E-state index contributed by atoms with van der Waals surface area (Å²) >= 11 is 0. The van der Waals surface area contributed by atoms with Gasteiger partial charge in [-0.3, -0.25) is 4.57 Å². The van der Waals surface area contributed by atoms with Crippen LogP contribution in [0.3, 0.4) is 0 Å². The second kappa shape index (κ2) is 12.4. The van der Waals surface area contributed by atoms with Crippen LogP contribution in [-0.4, -0.2) is 30.5 Å². The summed E-state index contributed by atoms with van der Waals surface area (Å²) in [5.41, 5.74) is 2.46. The zero-order chi connectivity index (χ0) is 22.8. The van der Waals surface area contributed by atoms with E-state index in [4.69, 9.17) is 13.8 Å². The topological polar surface area (TPSA) is 49.7 Å². The minimum Gasteiger partial charge on any atom is -0.493 e. The molecule has 0 aliphatic heterocycles. The molecular formula is C26H38NO4P. The Kier molecular flexibility index (Phi) is 9.65. The molecule has 0 aliphatic rings. The number of benzene rings is 2. The summed E-state index contributed by atoms with van der Waals surface area (Å²) in [5.74, 6) is 0.782. The molecule has 0 saturated heterocycles. The summed E-state index contributed by atoms with van der Waals surface area (Å²) < 4.78 is 31.8. The molecule has 1 aromatic heterocycles. The summed E-state index contributed by atoms with van der Waals surface area (Å²) in [6, 6.07) is 14.8. The fourth-order valence-electron chi connectivity index (χ4n) is 4.25. The van der Waals surface area contributed by atoms with Gasteiger partial charge in [0.05, 0.1) is 31.5 Å². The summed E-state index contributed by atoms with van der Waals surface area (Å²) in [6.07, 6.45) is 7.92. The van der Waals surface area contributed by atoms with Crippen LogP contribution in [0.15, 0.2) is 42.5 Å². The van der Waals surface area contributed by atoms with E-state index in [9.17, 15) is 4.57 Å². The smallest absolute Gasteiger partial charge is 0.334 e. The molecule has 3 aromatic rings. The van der Waals surface area contributed by atoms with Gasteiger partial charge in [-0.1, -0.05) is 57.2 Å². The van der Waals surface area contributed by atoms with Crippen LogP contribution in [0.1, 0.15) is 59.3 Å². The van der Waals surface area contributed by atoms with E-state index in [1.807, 2.05) is 19.9 Å². The molecule has 0 spiro atoms. The van der Waals surface area contributed by atoms with Gasteiger partial charge < -0.3 is 18.4 Å². The average Bonchev–Trinajstić information content (AvgIpc) is 3.09. The highest BCUT2D eigenvalue weighted by Crippen LogP contribution is 2.47. The first-order chi connectivity index (χ1) is 15.6. The van der Waals surface area contributed by atoms with E-state index in [1.165, 1.54) is 60.3 Å². The van der Waals surface area contributed by atoms with Gasteiger partial charge in [0, 0.05) is 28.9 Å². The largest absolute Gasteiger partial charge is 0.493 e. The van der Waals surface area contributed by atoms with Crippen LogP contribution in [-0.2, 0) is 20.2 Å². The second-order valence-electron chi connectivity index (χ2n) is 8.13. The van der Waals surface area contributed by atoms with Crippen LogP contribution < -0.4 is 4.74 Å². The SMILES string of the molecule is CCCCCCCCn1c2ccccc2c2ccc(OCCP(=O)(OCC)OCC)cc21. The third kappa shape index (κ3) is 6.37. The van der Waals surface area contributed by atoms with Crippen molar-refractivity contribution < 1.29 is 18.3 Å². The summed E-state index contributed by atoms with van der Waals surface area (Å²) in [7, 11) is -3.09. The highest BCUT2D eigenvalue weighted by atomic mass is 31.2. The van der Waals surface area contributed by atoms with Crippen LogP contribution in [0.2, 0.25) is 0 Å². The Labute approximate surface area is 192 Å².